The van der Waals surface area contributed by atoms with Gasteiger partial charge >= 0.3 is 0 Å². The molecule has 0 unspecified atom stereocenters. The number of ether oxygens (including phenoxy) is 1. The van der Waals surface area contributed by atoms with Crippen molar-refractivity contribution in [3.8, 4) is 5.88 Å². The molecule has 0 aliphatic heterocycles. The van der Waals surface area contributed by atoms with E-state index >= 15 is 0 Å². The molecule has 0 amide bonds. The van der Waals surface area contributed by atoms with Gasteiger partial charge in [0.05, 0.1) is 17.7 Å². The minimum Gasteiger partial charge on any atom is -0.475 e. The highest BCUT2D eigenvalue weighted by atomic mass is 127. The Hall–Kier alpha value is -1.48. The molecular formula is C18H27ClIN5O. The average molecular weight is 492 g/mol. The van der Waals surface area contributed by atoms with Gasteiger partial charge in [-0.25, -0.2) is 4.98 Å². The highest BCUT2D eigenvalue weighted by molar-refractivity contribution is 14.0. The number of halogens is 2. The highest BCUT2D eigenvalue weighted by Gasteiger charge is 2.10. The van der Waals surface area contributed by atoms with Crippen LogP contribution in [0.25, 0.3) is 0 Å². The Labute approximate surface area is 177 Å². The van der Waals surface area contributed by atoms with Crippen LogP contribution in [0, 0.1) is 0 Å². The molecule has 2 rings (SSSR count). The summed E-state index contributed by atoms with van der Waals surface area (Å²) in [6, 6.07) is 5.85. The average Bonchev–Trinajstić information content (AvgIpc) is 2.86. The number of hydrogen-bond donors (Lipinski definition) is 1. The number of aliphatic imine (C=N–C) groups is 1. The van der Waals surface area contributed by atoms with Crippen molar-refractivity contribution in [2.24, 2.45) is 12.0 Å². The quantitative estimate of drug-likeness (QED) is 0.380. The van der Waals surface area contributed by atoms with Crippen LogP contribution in [-0.4, -0.2) is 40.6 Å². The fraction of sp³-hybridized carbons (Fsp3) is 0.444. The third-order valence-electron chi connectivity index (χ3n) is 3.65. The van der Waals surface area contributed by atoms with Crippen molar-refractivity contribution in [3.05, 3.63) is 46.9 Å². The molecule has 0 saturated carbocycles. The van der Waals surface area contributed by atoms with E-state index in [-0.39, 0.29) is 30.1 Å². The normalized spacial score (nSPS) is 11.3. The van der Waals surface area contributed by atoms with E-state index in [1.165, 1.54) is 0 Å². The van der Waals surface area contributed by atoms with E-state index in [4.69, 9.17) is 16.3 Å². The summed E-state index contributed by atoms with van der Waals surface area (Å²) in [6.07, 6.45) is 3.83. The lowest BCUT2D eigenvalue weighted by Gasteiger charge is -2.22. The molecule has 0 fully saturated rings. The molecule has 8 heteroatoms. The number of aryl methyl sites for hydroxylation is 1. The van der Waals surface area contributed by atoms with Crippen molar-refractivity contribution in [2.45, 2.75) is 33.0 Å². The third-order valence-corrected chi connectivity index (χ3v) is 3.86. The summed E-state index contributed by atoms with van der Waals surface area (Å²) in [4.78, 5) is 10.7. The second kappa shape index (κ2) is 10.6. The van der Waals surface area contributed by atoms with Crippen LogP contribution in [0.5, 0.6) is 5.88 Å². The second-order valence-electron chi connectivity index (χ2n) is 6.19. The van der Waals surface area contributed by atoms with Gasteiger partial charge in [0, 0.05) is 51.8 Å². The molecule has 0 bridgehead atoms. The van der Waals surface area contributed by atoms with E-state index in [2.05, 4.69) is 20.2 Å². The lowest BCUT2D eigenvalue weighted by Crippen LogP contribution is -2.38. The minimum absolute atomic E-state index is 0. The van der Waals surface area contributed by atoms with E-state index < -0.39 is 0 Å². The number of aromatic nitrogens is 2. The molecule has 0 atom stereocenters. The number of hydrogen-bond acceptors (Lipinski definition) is 3. The van der Waals surface area contributed by atoms with Crippen LogP contribution < -0.4 is 10.1 Å². The highest BCUT2D eigenvalue weighted by Crippen LogP contribution is 2.14. The first-order chi connectivity index (χ1) is 11.9. The fourth-order valence-corrected chi connectivity index (χ4v) is 2.71. The zero-order valence-corrected chi connectivity index (χ0v) is 18.9. The number of pyridine rings is 1. The Morgan fingerprint density at radius 3 is 2.65 bits per heavy atom. The summed E-state index contributed by atoms with van der Waals surface area (Å²) < 4.78 is 7.57. The monoisotopic (exact) mass is 491 g/mol. The van der Waals surface area contributed by atoms with E-state index in [9.17, 15) is 0 Å². The van der Waals surface area contributed by atoms with Gasteiger partial charge in [-0.15, -0.1) is 24.0 Å². The van der Waals surface area contributed by atoms with Crippen LogP contribution in [0.2, 0.25) is 5.02 Å². The zero-order chi connectivity index (χ0) is 18.4. The van der Waals surface area contributed by atoms with Crippen LogP contribution in [0.3, 0.4) is 0 Å². The molecule has 0 aromatic carbocycles. The van der Waals surface area contributed by atoms with E-state index in [1.807, 2.05) is 63.1 Å². The smallest absolute Gasteiger partial charge is 0.213 e. The van der Waals surface area contributed by atoms with E-state index in [0.717, 1.165) is 22.2 Å². The predicted molar refractivity (Wildman–Crippen MR) is 118 cm³/mol. The molecule has 0 radical (unpaired) electrons. The first kappa shape index (κ1) is 22.6. The van der Waals surface area contributed by atoms with Crippen molar-refractivity contribution in [1.82, 2.24) is 19.8 Å². The minimum atomic E-state index is 0. The van der Waals surface area contributed by atoms with Gasteiger partial charge in [-0.1, -0.05) is 17.7 Å². The Bertz CT molecular complexity index is 715. The van der Waals surface area contributed by atoms with Crippen LogP contribution >= 0.6 is 35.6 Å². The molecule has 2 aromatic heterocycles. The molecule has 6 nitrogen and oxygen atoms in total. The number of guanidine groups is 1. The summed E-state index contributed by atoms with van der Waals surface area (Å²) in [5, 5.41) is 4.08. The molecule has 0 spiro atoms. The number of rotatable bonds is 6. The Kier molecular flexibility index (Phi) is 9.21. The van der Waals surface area contributed by atoms with Gasteiger partial charge in [0.2, 0.25) is 5.88 Å². The summed E-state index contributed by atoms with van der Waals surface area (Å²) in [5.74, 6) is 1.45. The van der Waals surface area contributed by atoms with E-state index in [0.29, 0.717) is 19.0 Å². The second-order valence-corrected chi connectivity index (χ2v) is 6.63. The Balaban J connectivity index is 0.00000338. The third kappa shape index (κ3) is 6.68. The van der Waals surface area contributed by atoms with Gasteiger partial charge in [-0.3, -0.25) is 4.99 Å². The zero-order valence-electron chi connectivity index (χ0n) is 15.9. The van der Waals surface area contributed by atoms with Crippen molar-refractivity contribution < 1.29 is 4.74 Å². The summed E-state index contributed by atoms with van der Waals surface area (Å²) in [7, 11) is 5.75. The SMILES string of the molecule is CN=C(NCc1ccc(OC(C)C)nc1)N(C)Cc1cc(Cl)cn1C.I. The largest absolute Gasteiger partial charge is 0.475 e. The number of nitrogens with zero attached hydrogens (tertiary/aromatic N) is 4. The first-order valence-electron chi connectivity index (χ1n) is 8.23. The Morgan fingerprint density at radius 1 is 1.42 bits per heavy atom. The number of nitrogens with one attached hydrogen (secondary N) is 1. The predicted octanol–water partition coefficient (Wildman–Crippen LogP) is 3.69. The Morgan fingerprint density at radius 2 is 2.15 bits per heavy atom. The molecular weight excluding hydrogens is 465 g/mol. The van der Waals surface area contributed by atoms with Gasteiger partial charge in [0.15, 0.2) is 5.96 Å². The van der Waals surface area contributed by atoms with Crippen LogP contribution in [0.4, 0.5) is 0 Å². The molecule has 2 heterocycles. The lowest BCUT2D eigenvalue weighted by molar-refractivity contribution is 0.232. The molecule has 2 aromatic rings. The van der Waals surface area contributed by atoms with Gasteiger partial charge in [-0.05, 0) is 25.5 Å². The van der Waals surface area contributed by atoms with E-state index in [1.54, 1.807) is 7.05 Å². The van der Waals surface area contributed by atoms with Crippen molar-refractivity contribution in [3.63, 3.8) is 0 Å². The topological polar surface area (TPSA) is 54.7 Å². The molecule has 1 N–H and O–H groups in total. The van der Waals surface area contributed by atoms with Crippen LogP contribution in [0.15, 0.2) is 35.6 Å². The first-order valence-corrected chi connectivity index (χ1v) is 8.61. The summed E-state index contributed by atoms with van der Waals surface area (Å²) in [5.41, 5.74) is 2.18. The van der Waals surface area contributed by atoms with Gasteiger partial charge in [-0.2, -0.15) is 0 Å². The standard InChI is InChI=1S/C18H26ClN5O.HI/c1-13(2)25-17-7-6-14(9-21-17)10-22-18(20-3)24(5)12-16-8-15(19)11-23(16)4;/h6-9,11,13H,10,12H2,1-5H3,(H,20,22);1H. The maximum absolute atomic E-state index is 6.05. The molecule has 0 saturated heterocycles. The molecule has 144 valence electrons. The summed E-state index contributed by atoms with van der Waals surface area (Å²) >= 11 is 6.05. The molecule has 0 aliphatic rings. The fourth-order valence-electron chi connectivity index (χ4n) is 2.43. The molecule has 0 aliphatic carbocycles. The summed E-state index contributed by atoms with van der Waals surface area (Å²) in [6.45, 7) is 5.32. The van der Waals surface area contributed by atoms with Gasteiger partial charge in [0.1, 0.15) is 0 Å². The van der Waals surface area contributed by atoms with Gasteiger partial charge < -0.3 is 19.5 Å². The lowest BCUT2D eigenvalue weighted by atomic mass is 10.3. The van der Waals surface area contributed by atoms with Gasteiger partial charge in [0.25, 0.3) is 0 Å². The maximum Gasteiger partial charge on any atom is 0.213 e. The van der Waals surface area contributed by atoms with Crippen LogP contribution in [0.1, 0.15) is 25.1 Å². The van der Waals surface area contributed by atoms with Crippen LogP contribution in [-0.2, 0) is 20.1 Å². The molecule has 26 heavy (non-hydrogen) atoms. The van der Waals surface area contributed by atoms with Crippen molar-refractivity contribution in [2.75, 3.05) is 14.1 Å². The van der Waals surface area contributed by atoms with Crippen molar-refractivity contribution in [1.29, 1.82) is 0 Å². The van der Waals surface area contributed by atoms with Crippen molar-refractivity contribution >= 4 is 41.5 Å². The maximum atomic E-state index is 6.05.